The van der Waals surface area contributed by atoms with Crippen LogP contribution in [-0.4, -0.2) is 32.6 Å². The molecule has 164 valence electrons. The highest BCUT2D eigenvalue weighted by Crippen LogP contribution is 2.25. The fourth-order valence-corrected chi connectivity index (χ4v) is 3.61. The number of aromatic nitrogens is 4. The molecule has 0 atom stereocenters. The van der Waals surface area contributed by atoms with Crippen LogP contribution in [0.15, 0.2) is 48.5 Å². The summed E-state index contributed by atoms with van der Waals surface area (Å²) in [7, 11) is 0. The van der Waals surface area contributed by atoms with Crippen molar-refractivity contribution in [2.24, 2.45) is 0 Å². The lowest BCUT2D eigenvalue weighted by Gasteiger charge is -2.08. The second kappa shape index (κ2) is 12.2. The summed E-state index contributed by atoms with van der Waals surface area (Å²) in [4.78, 5) is 12.4. The first kappa shape index (κ1) is 22.9. The Morgan fingerprint density at radius 3 is 2.52 bits per heavy atom. The Morgan fingerprint density at radius 1 is 1.00 bits per heavy atom. The molecule has 0 N–H and O–H groups in total. The van der Waals surface area contributed by atoms with E-state index < -0.39 is 0 Å². The van der Waals surface area contributed by atoms with E-state index in [4.69, 9.17) is 16.3 Å². The van der Waals surface area contributed by atoms with Crippen molar-refractivity contribution in [1.82, 2.24) is 20.2 Å². The maximum Gasteiger partial charge on any atom is 0.191 e. The number of unbranched alkanes of at least 4 members (excludes halogenated alkanes) is 5. The minimum atomic E-state index is -0.128. The monoisotopic (exact) mass is 440 g/mol. The number of carbonyl (C=O) groups excluding carboxylic acids is 1. The summed E-state index contributed by atoms with van der Waals surface area (Å²) < 4.78 is 7.09. The Kier molecular flexibility index (Phi) is 9.03. The summed E-state index contributed by atoms with van der Waals surface area (Å²) in [6.07, 6.45) is 8.83. The van der Waals surface area contributed by atoms with Crippen molar-refractivity contribution in [3.05, 3.63) is 59.1 Å². The smallest absolute Gasteiger partial charge is 0.191 e. The minimum Gasteiger partial charge on any atom is -0.486 e. The Hall–Kier alpha value is -2.73. The Morgan fingerprint density at radius 2 is 1.74 bits per heavy atom. The Bertz CT molecular complexity index is 956. The van der Waals surface area contributed by atoms with E-state index in [9.17, 15) is 4.79 Å². The van der Waals surface area contributed by atoms with Crippen LogP contribution in [0.4, 0.5) is 0 Å². The third-order valence-corrected chi connectivity index (χ3v) is 5.44. The second-order valence-electron chi connectivity index (χ2n) is 7.63. The normalized spacial score (nSPS) is 10.9. The van der Waals surface area contributed by atoms with Crippen molar-refractivity contribution < 1.29 is 9.53 Å². The topological polar surface area (TPSA) is 69.9 Å². The van der Waals surface area contributed by atoms with Gasteiger partial charge in [0.1, 0.15) is 18.9 Å². The molecule has 1 aromatic heterocycles. The van der Waals surface area contributed by atoms with E-state index in [1.165, 1.54) is 48.8 Å². The summed E-state index contributed by atoms with van der Waals surface area (Å²) in [5.74, 6) is 1.01. The van der Waals surface area contributed by atoms with Gasteiger partial charge in [-0.25, -0.2) is 4.68 Å². The van der Waals surface area contributed by atoms with Gasteiger partial charge in [0.05, 0.1) is 5.02 Å². The van der Waals surface area contributed by atoms with Gasteiger partial charge in [-0.15, -0.1) is 5.10 Å². The molecule has 0 spiro atoms. The van der Waals surface area contributed by atoms with Crippen molar-refractivity contribution in [3.8, 4) is 17.1 Å². The van der Waals surface area contributed by atoms with Crippen LogP contribution in [-0.2, 0) is 17.8 Å². The van der Waals surface area contributed by atoms with Gasteiger partial charge < -0.3 is 4.74 Å². The lowest BCUT2D eigenvalue weighted by Crippen LogP contribution is -2.19. The average molecular weight is 441 g/mol. The lowest BCUT2D eigenvalue weighted by atomic mass is 10.0. The van der Waals surface area contributed by atoms with E-state index >= 15 is 0 Å². The summed E-state index contributed by atoms with van der Waals surface area (Å²) in [5.41, 5.74) is 1.98. The number of halogens is 1. The molecule has 0 radical (unpaired) electrons. The van der Waals surface area contributed by atoms with Crippen LogP contribution in [0.2, 0.25) is 5.02 Å². The van der Waals surface area contributed by atoms with Gasteiger partial charge in [-0.2, -0.15) is 0 Å². The molecule has 1 heterocycles. The van der Waals surface area contributed by atoms with Crippen molar-refractivity contribution in [2.45, 2.75) is 58.4 Å². The number of aryl methyl sites for hydroxylation is 1. The van der Waals surface area contributed by atoms with Gasteiger partial charge in [0.25, 0.3) is 0 Å². The van der Waals surface area contributed by atoms with Crippen LogP contribution in [0.5, 0.6) is 5.75 Å². The molecule has 0 aliphatic carbocycles. The van der Waals surface area contributed by atoms with Gasteiger partial charge in [0.15, 0.2) is 11.6 Å². The number of benzene rings is 2. The zero-order chi connectivity index (χ0) is 21.9. The summed E-state index contributed by atoms with van der Waals surface area (Å²) in [6, 6.07) is 15.2. The average Bonchev–Trinajstić information content (AvgIpc) is 3.23. The molecular formula is C24H29ClN4O2. The molecule has 7 heteroatoms. The maximum atomic E-state index is 12.4. The maximum absolute atomic E-state index is 12.4. The molecule has 2 aromatic carbocycles. The van der Waals surface area contributed by atoms with Crippen molar-refractivity contribution in [2.75, 3.05) is 6.61 Å². The molecule has 0 saturated carbocycles. The molecule has 0 aliphatic rings. The number of carbonyl (C=O) groups is 1. The number of Topliss-reactive ketones (excluding diaryl/α,β-unsaturated/α-hetero) is 1. The predicted octanol–water partition coefficient (Wildman–Crippen LogP) is 5.54. The Balaban J connectivity index is 1.44. The zero-order valence-corrected chi connectivity index (χ0v) is 18.7. The number of rotatable bonds is 13. The molecule has 0 bridgehead atoms. The van der Waals surface area contributed by atoms with Gasteiger partial charge in [-0.3, -0.25) is 4.79 Å². The molecule has 0 unspecified atom stereocenters. The van der Waals surface area contributed by atoms with Gasteiger partial charge in [0.2, 0.25) is 0 Å². The van der Waals surface area contributed by atoms with E-state index in [-0.39, 0.29) is 18.9 Å². The SMILES string of the molecule is CCCCCCCCc1ccc(OCC(=O)Cn2nnnc2-c2ccccc2Cl)cc1. The van der Waals surface area contributed by atoms with Crippen molar-refractivity contribution in [1.29, 1.82) is 0 Å². The highest BCUT2D eigenvalue weighted by molar-refractivity contribution is 6.33. The van der Waals surface area contributed by atoms with Gasteiger partial charge in [-0.1, -0.05) is 74.9 Å². The first-order valence-electron chi connectivity index (χ1n) is 10.9. The predicted molar refractivity (Wildman–Crippen MR) is 122 cm³/mol. The molecule has 3 aromatic rings. The summed E-state index contributed by atoms with van der Waals surface area (Å²) in [5, 5.41) is 12.1. The number of hydrogen-bond acceptors (Lipinski definition) is 5. The van der Waals surface area contributed by atoms with Crippen LogP contribution >= 0.6 is 11.6 Å². The van der Waals surface area contributed by atoms with Gasteiger partial charge in [-0.05, 0) is 53.1 Å². The third-order valence-electron chi connectivity index (χ3n) is 5.11. The molecule has 0 saturated heterocycles. The minimum absolute atomic E-state index is 0.0175. The summed E-state index contributed by atoms with van der Waals surface area (Å²) in [6.45, 7) is 2.21. The first-order valence-corrected chi connectivity index (χ1v) is 11.3. The molecular weight excluding hydrogens is 412 g/mol. The highest BCUT2D eigenvalue weighted by Gasteiger charge is 2.15. The molecule has 31 heavy (non-hydrogen) atoms. The molecule has 0 fully saturated rings. The van der Waals surface area contributed by atoms with E-state index in [2.05, 4.69) is 34.6 Å². The third kappa shape index (κ3) is 7.17. The second-order valence-corrected chi connectivity index (χ2v) is 8.04. The van der Waals surface area contributed by atoms with Crippen LogP contribution < -0.4 is 4.74 Å². The van der Waals surface area contributed by atoms with Crippen molar-refractivity contribution >= 4 is 17.4 Å². The van der Waals surface area contributed by atoms with E-state index in [0.29, 0.717) is 22.2 Å². The van der Waals surface area contributed by atoms with Crippen LogP contribution in [0.25, 0.3) is 11.4 Å². The van der Waals surface area contributed by atoms with Crippen molar-refractivity contribution in [3.63, 3.8) is 0 Å². The van der Waals surface area contributed by atoms with Crippen LogP contribution in [0, 0.1) is 0 Å². The van der Waals surface area contributed by atoms with Crippen LogP contribution in [0.1, 0.15) is 51.0 Å². The number of hydrogen-bond donors (Lipinski definition) is 0. The quantitative estimate of drug-likeness (QED) is 0.326. The number of tetrazole rings is 1. The van der Waals surface area contributed by atoms with Gasteiger partial charge in [0, 0.05) is 5.56 Å². The summed E-state index contributed by atoms with van der Waals surface area (Å²) >= 11 is 6.22. The molecule has 3 rings (SSSR count). The number of ether oxygens (including phenoxy) is 1. The van der Waals surface area contributed by atoms with E-state index in [1.807, 2.05) is 30.3 Å². The molecule has 6 nitrogen and oxygen atoms in total. The zero-order valence-electron chi connectivity index (χ0n) is 18.0. The first-order chi connectivity index (χ1) is 15.2. The lowest BCUT2D eigenvalue weighted by molar-refractivity contribution is -0.121. The van der Waals surface area contributed by atoms with E-state index in [1.54, 1.807) is 6.07 Å². The Labute approximate surface area is 188 Å². The highest BCUT2D eigenvalue weighted by atomic mass is 35.5. The largest absolute Gasteiger partial charge is 0.486 e. The number of ketones is 1. The fourth-order valence-electron chi connectivity index (χ4n) is 3.38. The number of nitrogens with zero attached hydrogens (tertiary/aromatic N) is 4. The fraction of sp³-hybridized carbons (Fsp3) is 0.417. The van der Waals surface area contributed by atoms with Crippen LogP contribution in [0.3, 0.4) is 0 Å². The van der Waals surface area contributed by atoms with Gasteiger partial charge >= 0.3 is 0 Å². The van der Waals surface area contributed by atoms with E-state index in [0.717, 1.165) is 6.42 Å². The molecule has 0 amide bonds. The standard InChI is InChI=1S/C24H29ClN4O2/c1-2-3-4-5-6-7-10-19-13-15-21(16-14-19)31-18-20(30)17-29-24(26-27-28-29)22-11-8-9-12-23(22)25/h8-9,11-16H,2-7,10,17-18H2,1H3. The molecule has 0 aliphatic heterocycles.